The quantitative estimate of drug-likeness (QED) is 0.681. The average Bonchev–Trinajstić information content (AvgIpc) is 2.47. The summed E-state index contributed by atoms with van der Waals surface area (Å²) < 4.78 is 0. The van der Waals surface area contributed by atoms with Gasteiger partial charge in [0.2, 0.25) is 0 Å². The number of nitro groups is 1. The van der Waals surface area contributed by atoms with Gasteiger partial charge >= 0.3 is 5.97 Å². The van der Waals surface area contributed by atoms with Crippen molar-refractivity contribution in [2.24, 2.45) is 5.41 Å². The van der Waals surface area contributed by atoms with Crippen LogP contribution in [0.4, 0.5) is 5.69 Å². The Morgan fingerprint density at radius 2 is 1.95 bits per heavy atom. The largest absolute Gasteiger partial charge is 0.481 e. The summed E-state index contributed by atoms with van der Waals surface area (Å²) in [4.78, 5) is 24.1. The number of nitrogens with zero attached hydrogens (tertiary/aromatic N) is 2. The molecule has 0 radical (unpaired) electrons. The molecule has 0 bridgehead atoms. The van der Waals surface area contributed by atoms with Crippen molar-refractivity contribution in [2.75, 3.05) is 13.1 Å². The maximum Gasteiger partial charge on any atom is 0.309 e. The van der Waals surface area contributed by atoms with Gasteiger partial charge in [0, 0.05) is 17.7 Å². The molecule has 1 N–H and O–H groups in total. The van der Waals surface area contributed by atoms with Crippen LogP contribution in [0.3, 0.4) is 0 Å². The first kappa shape index (κ1) is 15.4. The fraction of sp³-hybridized carbons (Fsp3) is 0.533. The van der Waals surface area contributed by atoms with Crippen molar-refractivity contribution < 1.29 is 14.8 Å². The average molecular weight is 292 g/mol. The van der Waals surface area contributed by atoms with E-state index in [2.05, 4.69) is 4.90 Å². The Labute approximate surface area is 123 Å². The second-order valence-electron chi connectivity index (χ2n) is 5.89. The van der Waals surface area contributed by atoms with E-state index in [-0.39, 0.29) is 16.7 Å². The highest BCUT2D eigenvalue weighted by Crippen LogP contribution is 2.36. The van der Waals surface area contributed by atoms with Crippen LogP contribution >= 0.6 is 0 Å². The molecule has 1 aliphatic rings. The van der Waals surface area contributed by atoms with Crippen molar-refractivity contribution in [2.45, 2.75) is 32.7 Å². The van der Waals surface area contributed by atoms with E-state index in [1.165, 1.54) is 6.07 Å². The minimum Gasteiger partial charge on any atom is -0.481 e. The Kier molecular flexibility index (Phi) is 4.27. The number of nitro benzene ring substituents is 1. The van der Waals surface area contributed by atoms with Gasteiger partial charge in [-0.05, 0) is 39.8 Å². The minimum atomic E-state index is -0.763. The summed E-state index contributed by atoms with van der Waals surface area (Å²) in [5, 5.41) is 20.4. The van der Waals surface area contributed by atoms with Crippen molar-refractivity contribution in [3.63, 3.8) is 0 Å². The molecule has 1 saturated heterocycles. The van der Waals surface area contributed by atoms with Crippen LogP contribution in [0.2, 0.25) is 0 Å². The molecule has 1 aliphatic heterocycles. The van der Waals surface area contributed by atoms with Gasteiger partial charge in [-0.25, -0.2) is 0 Å². The third-order valence-electron chi connectivity index (χ3n) is 4.55. The Hall–Kier alpha value is -1.95. The van der Waals surface area contributed by atoms with Gasteiger partial charge in [-0.3, -0.25) is 19.8 Å². The van der Waals surface area contributed by atoms with Crippen LogP contribution < -0.4 is 0 Å². The molecule has 0 saturated carbocycles. The molecule has 1 fully saturated rings. The molecule has 21 heavy (non-hydrogen) atoms. The first-order chi connectivity index (χ1) is 9.85. The normalized spacial score (nSPS) is 19.9. The van der Waals surface area contributed by atoms with Gasteiger partial charge in [0.25, 0.3) is 5.69 Å². The number of carboxylic acid groups (broad SMARTS) is 1. The summed E-state index contributed by atoms with van der Waals surface area (Å²) in [6, 6.07) is 6.64. The van der Waals surface area contributed by atoms with Gasteiger partial charge in [0.05, 0.1) is 10.3 Å². The van der Waals surface area contributed by atoms with E-state index in [1.807, 2.05) is 6.92 Å². The Bertz CT molecular complexity index is 550. The van der Waals surface area contributed by atoms with Gasteiger partial charge in [0.1, 0.15) is 0 Å². The molecular formula is C15H20N2O4. The number of benzene rings is 1. The molecule has 1 unspecified atom stereocenters. The topological polar surface area (TPSA) is 83.7 Å². The Balaban J connectivity index is 2.14. The highest BCUT2D eigenvalue weighted by molar-refractivity contribution is 5.74. The fourth-order valence-corrected chi connectivity index (χ4v) is 2.82. The maximum absolute atomic E-state index is 11.3. The number of rotatable bonds is 4. The third-order valence-corrected chi connectivity index (χ3v) is 4.55. The zero-order chi connectivity index (χ0) is 15.6. The van der Waals surface area contributed by atoms with Crippen LogP contribution in [-0.2, 0) is 4.79 Å². The van der Waals surface area contributed by atoms with E-state index in [0.29, 0.717) is 31.5 Å². The van der Waals surface area contributed by atoms with Gasteiger partial charge in [-0.15, -0.1) is 0 Å². The van der Waals surface area contributed by atoms with Crippen molar-refractivity contribution in [3.05, 3.63) is 39.9 Å². The molecule has 1 atom stereocenters. The molecule has 6 nitrogen and oxygen atoms in total. The minimum absolute atomic E-state index is 0.0926. The summed E-state index contributed by atoms with van der Waals surface area (Å²) in [6.07, 6.45) is 1.13. The van der Waals surface area contributed by atoms with Gasteiger partial charge in [0.15, 0.2) is 0 Å². The molecular weight excluding hydrogens is 272 g/mol. The molecule has 1 aromatic rings. The van der Waals surface area contributed by atoms with Crippen molar-refractivity contribution in [1.82, 2.24) is 4.90 Å². The zero-order valence-corrected chi connectivity index (χ0v) is 12.3. The standard InChI is InChI=1S/C15H20N2O4/c1-11(12-5-3-4-6-13(12)17(20)21)16-9-7-15(2,8-10-16)14(18)19/h3-6,11H,7-10H2,1-2H3,(H,18,19). The first-order valence-corrected chi connectivity index (χ1v) is 7.06. The van der Waals surface area contributed by atoms with Gasteiger partial charge < -0.3 is 5.11 Å². The molecule has 2 rings (SSSR count). The SMILES string of the molecule is CC(c1ccccc1[N+](=O)[O-])N1CCC(C)(C(=O)O)CC1. The van der Waals surface area contributed by atoms with Gasteiger partial charge in [-0.1, -0.05) is 18.2 Å². The number of para-hydroxylation sites is 1. The zero-order valence-electron chi connectivity index (χ0n) is 12.3. The lowest BCUT2D eigenvalue weighted by molar-refractivity contribution is -0.386. The summed E-state index contributed by atoms with van der Waals surface area (Å²) in [5.41, 5.74) is 0.122. The molecule has 0 aromatic heterocycles. The van der Waals surface area contributed by atoms with Crippen LogP contribution in [0, 0.1) is 15.5 Å². The molecule has 6 heteroatoms. The van der Waals surface area contributed by atoms with E-state index >= 15 is 0 Å². The van der Waals surface area contributed by atoms with E-state index in [9.17, 15) is 20.0 Å². The number of hydrogen-bond donors (Lipinski definition) is 1. The fourth-order valence-electron chi connectivity index (χ4n) is 2.82. The molecule has 1 aromatic carbocycles. The summed E-state index contributed by atoms with van der Waals surface area (Å²) in [5.74, 6) is -0.763. The molecule has 0 spiro atoms. The number of carboxylic acids is 1. The second kappa shape index (κ2) is 5.81. The second-order valence-corrected chi connectivity index (χ2v) is 5.89. The molecule has 1 heterocycles. The molecule has 114 valence electrons. The van der Waals surface area contributed by atoms with Crippen molar-refractivity contribution in [3.8, 4) is 0 Å². The van der Waals surface area contributed by atoms with Crippen LogP contribution in [0.5, 0.6) is 0 Å². The maximum atomic E-state index is 11.3. The van der Waals surface area contributed by atoms with Crippen molar-refractivity contribution >= 4 is 11.7 Å². The summed E-state index contributed by atoms with van der Waals surface area (Å²) in [7, 11) is 0. The van der Waals surface area contributed by atoms with Crippen LogP contribution in [-0.4, -0.2) is 34.0 Å². The van der Waals surface area contributed by atoms with Crippen molar-refractivity contribution in [1.29, 1.82) is 0 Å². The lowest BCUT2D eigenvalue weighted by Gasteiger charge is -2.39. The number of piperidine rings is 1. The number of carbonyl (C=O) groups is 1. The van der Waals surface area contributed by atoms with Gasteiger partial charge in [-0.2, -0.15) is 0 Å². The monoisotopic (exact) mass is 292 g/mol. The highest BCUT2D eigenvalue weighted by Gasteiger charge is 2.38. The van der Waals surface area contributed by atoms with E-state index < -0.39 is 11.4 Å². The Morgan fingerprint density at radius 3 is 2.48 bits per heavy atom. The van der Waals surface area contributed by atoms with E-state index in [0.717, 1.165) is 0 Å². The van der Waals surface area contributed by atoms with Crippen LogP contribution in [0.15, 0.2) is 24.3 Å². The van der Waals surface area contributed by atoms with E-state index in [1.54, 1.807) is 25.1 Å². The summed E-state index contributed by atoms with van der Waals surface area (Å²) in [6.45, 7) is 4.97. The third kappa shape index (κ3) is 3.05. The smallest absolute Gasteiger partial charge is 0.309 e. The first-order valence-electron chi connectivity index (χ1n) is 7.06. The Morgan fingerprint density at radius 1 is 1.38 bits per heavy atom. The number of aliphatic carboxylic acids is 1. The predicted octanol–water partition coefficient (Wildman–Crippen LogP) is 2.84. The molecule has 0 aliphatic carbocycles. The molecule has 0 amide bonds. The predicted molar refractivity (Wildman–Crippen MR) is 78.1 cm³/mol. The van der Waals surface area contributed by atoms with Crippen LogP contribution in [0.25, 0.3) is 0 Å². The lowest BCUT2D eigenvalue weighted by Crippen LogP contribution is -2.43. The highest BCUT2D eigenvalue weighted by atomic mass is 16.6. The number of likely N-dealkylation sites (tertiary alicyclic amines) is 1. The number of hydrogen-bond acceptors (Lipinski definition) is 4. The summed E-state index contributed by atoms with van der Waals surface area (Å²) >= 11 is 0. The van der Waals surface area contributed by atoms with Crippen LogP contribution in [0.1, 0.15) is 38.3 Å². The van der Waals surface area contributed by atoms with E-state index in [4.69, 9.17) is 0 Å². The lowest BCUT2D eigenvalue weighted by atomic mass is 9.80.